The van der Waals surface area contributed by atoms with E-state index in [1.165, 1.54) is 0 Å². The molecule has 0 saturated carbocycles. The van der Waals surface area contributed by atoms with Crippen LogP contribution >= 0.6 is 0 Å². The van der Waals surface area contributed by atoms with Gasteiger partial charge >= 0.3 is 0 Å². The lowest BCUT2D eigenvalue weighted by Gasteiger charge is -2.17. The molecule has 0 N–H and O–H groups in total. The first-order chi connectivity index (χ1) is 6.38. The van der Waals surface area contributed by atoms with Crippen LogP contribution < -0.4 is 0 Å². The fourth-order valence-corrected chi connectivity index (χ4v) is 1.37. The molecule has 0 bridgehead atoms. The average molecular weight is 191 g/mol. The van der Waals surface area contributed by atoms with Crippen molar-refractivity contribution in [3.05, 3.63) is 23.2 Å². The Morgan fingerprint density at radius 3 is 2.36 bits per heavy atom. The van der Waals surface area contributed by atoms with Crippen LogP contribution in [0.2, 0.25) is 0 Å². The van der Waals surface area contributed by atoms with Crippen LogP contribution in [0, 0.1) is 6.57 Å². The van der Waals surface area contributed by atoms with E-state index in [0.29, 0.717) is 5.82 Å². The van der Waals surface area contributed by atoms with E-state index in [9.17, 15) is 0 Å². The van der Waals surface area contributed by atoms with Gasteiger partial charge in [-0.2, -0.15) is 4.68 Å². The Hall–Kier alpha value is -1.30. The van der Waals surface area contributed by atoms with E-state index in [4.69, 9.17) is 6.57 Å². The van der Waals surface area contributed by atoms with Crippen molar-refractivity contribution in [1.29, 1.82) is 0 Å². The van der Waals surface area contributed by atoms with Gasteiger partial charge in [-0.05, 0) is 19.3 Å². The molecule has 76 valence electrons. The number of rotatable bonds is 1. The maximum atomic E-state index is 7.18. The van der Waals surface area contributed by atoms with Gasteiger partial charge in [0.25, 0.3) is 5.82 Å². The molecule has 0 radical (unpaired) electrons. The van der Waals surface area contributed by atoms with Gasteiger partial charge in [0.05, 0.1) is 6.20 Å². The molecule has 0 spiro atoms. The highest BCUT2D eigenvalue weighted by molar-refractivity contribution is 5.48. The third-order valence-corrected chi connectivity index (χ3v) is 2.17. The standard InChI is InChI=1S/C11H17N3/c1-8(2)14-10(12-6)9(7-13-14)11(3,4)5/h7-8H,1-5H3. The molecule has 0 amide bonds. The molecule has 1 aromatic heterocycles. The largest absolute Gasteiger partial charge is 0.362 e. The van der Waals surface area contributed by atoms with Crippen LogP contribution in [-0.4, -0.2) is 9.78 Å². The highest BCUT2D eigenvalue weighted by atomic mass is 15.3. The predicted molar refractivity (Wildman–Crippen MR) is 57.6 cm³/mol. The minimum atomic E-state index is -0.00692. The van der Waals surface area contributed by atoms with Crippen LogP contribution in [0.4, 0.5) is 5.82 Å². The van der Waals surface area contributed by atoms with E-state index in [-0.39, 0.29) is 11.5 Å². The molecule has 0 aromatic carbocycles. The van der Waals surface area contributed by atoms with Crippen LogP contribution in [0.3, 0.4) is 0 Å². The van der Waals surface area contributed by atoms with Crippen LogP contribution in [0.5, 0.6) is 0 Å². The number of hydrogen-bond acceptors (Lipinski definition) is 1. The summed E-state index contributed by atoms with van der Waals surface area (Å²) >= 11 is 0. The van der Waals surface area contributed by atoms with E-state index in [1.54, 1.807) is 4.68 Å². The molecule has 0 aliphatic heterocycles. The summed E-state index contributed by atoms with van der Waals surface area (Å²) in [6.07, 6.45) is 1.81. The zero-order valence-corrected chi connectivity index (χ0v) is 9.50. The first-order valence-electron chi connectivity index (χ1n) is 4.83. The number of hydrogen-bond donors (Lipinski definition) is 0. The summed E-state index contributed by atoms with van der Waals surface area (Å²) < 4.78 is 1.79. The van der Waals surface area contributed by atoms with Crippen LogP contribution in [0.15, 0.2) is 6.20 Å². The summed E-state index contributed by atoms with van der Waals surface area (Å²) in [6, 6.07) is 0.246. The second kappa shape index (κ2) is 3.45. The van der Waals surface area contributed by atoms with E-state index >= 15 is 0 Å². The van der Waals surface area contributed by atoms with Crippen molar-refractivity contribution in [2.75, 3.05) is 0 Å². The highest BCUT2D eigenvalue weighted by Gasteiger charge is 2.23. The summed E-state index contributed by atoms with van der Waals surface area (Å²) in [5, 5.41) is 4.26. The van der Waals surface area contributed by atoms with Crippen LogP contribution in [0.25, 0.3) is 4.85 Å². The van der Waals surface area contributed by atoms with Gasteiger partial charge in [0.1, 0.15) is 6.04 Å². The molecule has 1 aromatic rings. The zero-order chi connectivity index (χ0) is 10.9. The fraction of sp³-hybridized carbons (Fsp3) is 0.636. The monoisotopic (exact) mass is 191 g/mol. The maximum Gasteiger partial charge on any atom is 0.256 e. The zero-order valence-electron chi connectivity index (χ0n) is 9.50. The van der Waals surface area contributed by atoms with Crippen molar-refractivity contribution in [2.45, 2.75) is 46.1 Å². The molecule has 1 heterocycles. The Balaban J connectivity index is 3.30. The summed E-state index contributed by atoms with van der Waals surface area (Å²) in [6.45, 7) is 17.6. The fourth-order valence-electron chi connectivity index (χ4n) is 1.37. The molecule has 3 nitrogen and oxygen atoms in total. The molecule has 0 unspecified atom stereocenters. The Kier molecular flexibility index (Phi) is 2.66. The van der Waals surface area contributed by atoms with Crippen molar-refractivity contribution < 1.29 is 0 Å². The molecule has 0 atom stereocenters. The van der Waals surface area contributed by atoms with E-state index < -0.39 is 0 Å². The lowest BCUT2D eigenvalue weighted by atomic mass is 9.89. The first-order valence-corrected chi connectivity index (χ1v) is 4.83. The van der Waals surface area contributed by atoms with Crippen LogP contribution in [0.1, 0.15) is 46.2 Å². The number of aromatic nitrogens is 2. The molecule has 0 saturated heterocycles. The molecule has 0 aliphatic rings. The number of nitrogens with zero attached hydrogens (tertiary/aromatic N) is 3. The Morgan fingerprint density at radius 1 is 1.43 bits per heavy atom. The van der Waals surface area contributed by atoms with Crippen LogP contribution in [-0.2, 0) is 5.41 Å². The molecule has 14 heavy (non-hydrogen) atoms. The molecule has 0 fully saturated rings. The highest BCUT2D eigenvalue weighted by Crippen LogP contribution is 2.32. The summed E-state index contributed by atoms with van der Waals surface area (Å²) in [7, 11) is 0. The van der Waals surface area contributed by atoms with Gasteiger partial charge in [0.2, 0.25) is 0 Å². The molecular weight excluding hydrogens is 174 g/mol. The quantitative estimate of drug-likeness (QED) is 0.624. The van der Waals surface area contributed by atoms with Gasteiger partial charge < -0.3 is 4.85 Å². The summed E-state index contributed by atoms with van der Waals surface area (Å²) in [5.41, 5.74) is 1.02. The smallest absolute Gasteiger partial charge is 0.256 e. The lowest BCUT2D eigenvalue weighted by molar-refractivity contribution is 0.539. The lowest BCUT2D eigenvalue weighted by Crippen LogP contribution is -2.10. The normalized spacial score (nSPS) is 11.8. The Morgan fingerprint density at radius 2 is 2.00 bits per heavy atom. The first kappa shape index (κ1) is 10.8. The third-order valence-electron chi connectivity index (χ3n) is 2.17. The molecule has 1 rings (SSSR count). The van der Waals surface area contributed by atoms with Crippen molar-refractivity contribution >= 4 is 5.82 Å². The minimum Gasteiger partial charge on any atom is -0.362 e. The minimum absolute atomic E-state index is 0.00692. The van der Waals surface area contributed by atoms with Gasteiger partial charge in [-0.25, -0.2) is 0 Å². The van der Waals surface area contributed by atoms with Gasteiger partial charge in [0.15, 0.2) is 0 Å². The van der Waals surface area contributed by atoms with Crippen molar-refractivity contribution in [3.63, 3.8) is 0 Å². The van der Waals surface area contributed by atoms with Gasteiger partial charge in [-0.1, -0.05) is 27.3 Å². The molecule has 3 heteroatoms. The topological polar surface area (TPSA) is 22.2 Å². The van der Waals surface area contributed by atoms with E-state index in [0.717, 1.165) is 5.56 Å². The second-order valence-corrected chi connectivity index (χ2v) is 4.78. The Labute approximate surface area is 85.6 Å². The molecule has 0 aliphatic carbocycles. The Bertz CT molecular complexity index is 361. The van der Waals surface area contributed by atoms with E-state index in [2.05, 4.69) is 30.7 Å². The van der Waals surface area contributed by atoms with Gasteiger partial charge in [-0.3, -0.25) is 0 Å². The average Bonchev–Trinajstić information content (AvgIpc) is 2.45. The van der Waals surface area contributed by atoms with Crippen molar-refractivity contribution in [1.82, 2.24) is 9.78 Å². The SMILES string of the molecule is [C-]#[N+]c1c(C(C)(C)C)cnn1C(C)C. The summed E-state index contributed by atoms with van der Waals surface area (Å²) in [4.78, 5) is 3.57. The third kappa shape index (κ3) is 1.79. The predicted octanol–water partition coefficient (Wildman–Crippen LogP) is 3.31. The van der Waals surface area contributed by atoms with Gasteiger partial charge in [-0.15, -0.1) is 5.10 Å². The van der Waals surface area contributed by atoms with Gasteiger partial charge in [0, 0.05) is 5.56 Å². The summed E-state index contributed by atoms with van der Waals surface area (Å²) in [5.74, 6) is 0.674. The van der Waals surface area contributed by atoms with E-state index in [1.807, 2.05) is 20.0 Å². The second-order valence-electron chi connectivity index (χ2n) is 4.78. The molecular formula is C11H17N3. The van der Waals surface area contributed by atoms with Crippen molar-refractivity contribution in [2.24, 2.45) is 0 Å². The van der Waals surface area contributed by atoms with Crippen molar-refractivity contribution in [3.8, 4) is 0 Å². The maximum absolute atomic E-state index is 7.18.